The summed E-state index contributed by atoms with van der Waals surface area (Å²) in [5.41, 5.74) is 4.14. The van der Waals surface area contributed by atoms with Crippen LogP contribution < -0.4 is 0 Å². The summed E-state index contributed by atoms with van der Waals surface area (Å²) in [6.07, 6.45) is 3.49. The van der Waals surface area contributed by atoms with Gasteiger partial charge in [0.1, 0.15) is 5.69 Å². The van der Waals surface area contributed by atoms with Crippen LogP contribution >= 0.6 is 23.2 Å². The molecule has 5 nitrogen and oxygen atoms in total. The van der Waals surface area contributed by atoms with Crippen LogP contribution in [0.2, 0.25) is 10.0 Å². The van der Waals surface area contributed by atoms with Crippen molar-refractivity contribution in [1.82, 2.24) is 20.0 Å². The lowest BCUT2D eigenvalue weighted by atomic mass is 10.1. The summed E-state index contributed by atoms with van der Waals surface area (Å²) in [6, 6.07) is 11.4. The van der Waals surface area contributed by atoms with Gasteiger partial charge < -0.3 is 0 Å². The summed E-state index contributed by atoms with van der Waals surface area (Å²) < 4.78 is 1.78. The van der Waals surface area contributed by atoms with Crippen LogP contribution in [-0.4, -0.2) is 25.8 Å². The van der Waals surface area contributed by atoms with Crippen molar-refractivity contribution in [2.75, 3.05) is 0 Å². The van der Waals surface area contributed by atoms with Crippen molar-refractivity contribution in [3.63, 3.8) is 0 Å². The van der Waals surface area contributed by atoms with E-state index in [2.05, 4.69) is 15.3 Å². The highest BCUT2D eigenvalue weighted by Crippen LogP contribution is 2.38. The molecule has 0 saturated carbocycles. The number of benzene rings is 2. The van der Waals surface area contributed by atoms with Crippen LogP contribution in [0.15, 0.2) is 53.8 Å². The average molecular weight is 354 g/mol. The molecule has 116 valence electrons. The molecule has 3 heterocycles. The molecule has 0 amide bonds. The van der Waals surface area contributed by atoms with Gasteiger partial charge in [0.15, 0.2) is 5.84 Å². The van der Waals surface area contributed by atoms with Crippen molar-refractivity contribution in [3.8, 4) is 11.3 Å². The molecule has 0 unspecified atom stereocenters. The quantitative estimate of drug-likeness (QED) is 0.475. The number of para-hydroxylation sites is 1. The Morgan fingerprint density at radius 1 is 0.958 bits per heavy atom. The summed E-state index contributed by atoms with van der Waals surface area (Å²) in [7, 11) is 0. The normalized spacial score (nSPS) is 12.8. The Labute approximate surface area is 146 Å². The third-order valence-corrected chi connectivity index (χ3v) is 4.72. The zero-order chi connectivity index (χ0) is 16.3. The molecule has 2 aromatic carbocycles. The number of rotatable bonds is 1. The van der Waals surface area contributed by atoms with E-state index in [1.54, 1.807) is 35.3 Å². The van der Waals surface area contributed by atoms with Crippen LogP contribution in [0.1, 0.15) is 5.56 Å². The van der Waals surface area contributed by atoms with Gasteiger partial charge in [-0.1, -0.05) is 47.5 Å². The molecule has 0 bridgehead atoms. The van der Waals surface area contributed by atoms with Crippen LogP contribution in [-0.2, 0) is 0 Å². The van der Waals surface area contributed by atoms with E-state index in [0.29, 0.717) is 21.4 Å². The number of H-pyrrole nitrogens is 1. The van der Waals surface area contributed by atoms with Gasteiger partial charge in [0.25, 0.3) is 0 Å². The number of hydrogen-bond acceptors (Lipinski definition) is 3. The molecule has 0 fully saturated rings. The number of aromatic nitrogens is 4. The standard InChI is InChI=1S/C17H9Cl2N5/c18-11-5-2-6-12(19)14(11)17-22-13-8-20-23-15(13)10-4-1-3-9-7-21-24(17)16(9)10/h1-8H,(H,20,23). The molecule has 2 aromatic heterocycles. The SMILES string of the molecule is Clc1cccc(Cl)c1C1=Nc2cn[nH]c2-c2cccc3cnn1c23. The van der Waals surface area contributed by atoms with Gasteiger partial charge in [0.05, 0.1) is 39.2 Å². The molecule has 4 aromatic rings. The molecule has 0 atom stereocenters. The molecular weight excluding hydrogens is 345 g/mol. The Balaban J connectivity index is 1.95. The molecule has 0 radical (unpaired) electrons. The zero-order valence-electron chi connectivity index (χ0n) is 12.2. The third kappa shape index (κ3) is 1.79. The van der Waals surface area contributed by atoms with Crippen molar-refractivity contribution in [1.29, 1.82) is 0 Å². The number of fused-ring (bicyclic) bond motifs is 2. The van der Waals surface area contributed by atoms with Crippen LogP contribution in [0.25, 0.3) is 22.2 Å². The van der Waals surface area contributed by atoms with E-state index < -0.39 is 0 Å². The Morgan fingerprint density at radius 2 is 1.75 bits per heavy atom. The van der Waals surface area contributed by atoms with Gasteiger partial charge in [-0.05, 0) is 12.1 Å². The van der Waals surface area contributed by atoms with E-state index >= 15 is 0 Å². The van der Waals surface area contributed by atoms with Crippen LogP contribution in [0.3, 0.4) is 0 Å². The highest BCUT2D eigenvalue weighted by atomic mass is 35.5. The van der Waals surface area contributed by atoms with Crippen molar-refractivity contribution in [3.05, 3.63) is 64.4 Å². The molecule has 1 aliphatic heterocycles. The summed E-state index contributed by atoms with van der Waals surface area (Å²) >= 11 is 12.8. The lowest BCUT2D eigenvalue weighted by molar-refractivity contribution is 0.965. The fourth-order valence-electron chi connectivity index (χ4n) is 3.04. The predicted molar refractivity (Wildman–Crippen MR) is 95.4 cm³/mol. The molecule has 5 rings (SSSR count). The number of hydrogen-bond donors (Lipinski definition) is 1. The first-order chi connectivity index (χ1) is 11.7. The second-order valence-corrected chi connectivity index (χ2v) is 6.28. The molecule has 7 heteroatoms. The summed E-state index contributed by atoms with van der Waals surface area (Å²) in [5.74, 6) is 0.577. The van der Waals surface area contributed by atoms with Gasteiger partial charge in [0.2, 0.25) is 0 Å². The first-order valence-corrected chi connectivity index (χ1v) is 8.03. The Hall–Kier alpha value is -2.63. The van der Waals surface area contributed by atoms with Crippen molar-refractivity contribution in [2.24, 2.45) is 4.99 Å². The Kier molecular flexibility index (Phi) is 2.83. The first kappa shape index (κ1) is 13.8. The van der Waals surface area contributed by atoms with Gasteiger partial charge in [-0.3, -0.25) is 5.10 Å². The van der Waals surface area contributed by atoms with Gasteiger partial charge in [-0.25, -0.2) is 9.67 Å². The van der Waals surface area contributed by atoms with E-state index in [1.165, 1.54) is 0 Å². The zero-order valence-corrected chi connectivity index (χ0v) is 13.7. The number of aliphatic imine (C=N–C) groups is 1. The first-order valence-electron chi connectivity index (χ1n) is 7.28. The molecule has 24 heavy (non-hydrogen) atoms. The Morgan fingerprint density at radius 3 is 2.58 bits per heavy atom. The minimum atomic E-state index is 0.523. The largest absolute Gasteiger partial charge is 0.275 e. The van der Waals surface area contributed by atoms with Gasteiger partial charge >= 0.3 is 0 Å². The molecular formula is C17H9Cl2N5. The van der Waals surface area contributed by atoms with E-state index in [0.717, 1.165) is 27.8 Å². The number of halogens is 2. The fourth-order valence-corrected chi connectivity index (χ4v) is 3.61. The molecule has 1 aliphatic rings. The number of nitrogens with zero attached hydrogens (tertiary/aromatic N) is 4. The Bertz CT molecular complexity index is 1120. The molecule has 0 saturated heterocycles. The minimum Gasteiger partial charge on any atom is -0.275 e. The van der Waals surface area contributed by atoms with Crippen LogP contribution in [0.4, 0.5) is 5.69 Å². The topological polar surface area (TPSA) is 58.9 Å². The molecule has 0 aliphatic carbocycles. The van der Waals surface area contributed by atoms with Gasteiger partial charge in [0, 0.05) is 10.9 Å². The lowest BCUT2D eigenvalue weighted by Gasteiger charge is -2.11. The van der Waals surface area contributed by atoms with Crippen LogP contribution in [0, 0.1) is 0 Å². The maximum atomic E-state index is 6.42. The van der Waals surface area contributed by atoms with Crippen molar-refractivity contribution >= 4 is 45.6 Å². The average Bonchev–Trinajstić information content (AvgIpc) is 3.17. The summed E-state index contributed by atoms with van der Waals surface area (Å²) in [6.45, 7) is 0. The number of nitrogens with one attached hydrogen (secondary N) is 1. The predicted octanol–water partition coefficient (Wildman–Crippen LogP) is 4.67. The fraction of sp³-hybridized carbons (Fsp3) is 0. The summed E-state index contributed by atoms with van der Waals surface area (Å²) in [5, 5.41) is 13.7. The molecule has 0 spiro atoms. The lowest BCUT2D eigenvalue weighted by Crippen LogP contribution is -2.15. The molecule has 1 N–H and O–H groups in total. The van der Waals surface area contributed by atoms with E-state index in [9.17, 15) is 0 Å². The van der Waals surface area contributed by atoms with E-state index in [-0.39, 0.29) is 0 Å². The monoisotopic (exact) mass is 353 g/mol. The maximum Gasteiger partial charge on any atom is 0.165 e. The van der Waals surface area contributed by atoms with Gasteiger partial charge in [-0.2, -0.15) is 10.2 Å². The third-order valence-electron chi connectivity index (χ3n) is 4.09. The van der Waals surface area contributed by atoms with E-state index in [1.807, 2.05) is 18.2 Å². The van der Waals surface area contributed by atoms with E-state index in [4.69, 9.17) is 28.2 Å². The summed E-state index contributed by atoms with van der Waals surface area (Å²) in [4.78, 5) is 4.76. The van der Waals surface area contributed by atoms with Crippen molar-refractivity contribution in [2.45, 2.75) is 0 Å². The highest BCUT2D eigenvalue weighted by molar-refractivity contribution is 6.40. The number of aromatic amines is 1. The second-order valence-electron chi connectivity index (χ2n) is 5.46. The van der Waals surface area contributed by atoms with Crippen LogP contribution in [0.5, 0.6) is 0 Å². The smallest absolute Gasteiger partial charge is 0.165 e. The highest BCUT2D eigenvalue weighted by Gasteiger charge is 2.24. The van der Waals surface area contributed by atoms with Crippen molar-refractivity contribution < 1.29 is 0 Å². The second kappa shape index (κ2) is 4.93. The maximum absolute atomic E-state index is 6.42. The minimum absolute atomic E-state index is 0.523. The van der Waals surface area contributed by atoms with Gasteiger partial charge in [-0.15, -0.1) is 0 Å².